The van der Waals surface area contributed by atoms with Crippen molar-refractivity contribution >= 4 is 22.3 Å². The fourth-order valence-electron chi connectivity index (χ4n) is 3.72. The second kappa shape index (κ2) is 8.24. The van der Waals surface area contributed by atoms with Crippen LogP contribution in [-0.2, 0) is 6.54 Å². The number of hydrogen-bond acceptors (Lipinski definition) is 5. The highest BCUT2D eigenvalue weighted by Crippen LogP contribution is 2.35. The summed E-state index contributed by atoms with van der Waals surface area (Å²) in [6, 6.07) is 26.6. The molecule has 0 saturated heterocycles. The summed E-state index contributed by atoms with van der Waals surface area (Å²) in [6.07, 6.45) is 5.22. The van der Waals surface area contributed by atoms with Crippen molar-refractivity contribution in [1.82, 2.24) is 15.0 Å². The molecular weight excluding hydrogens is 382 g/mol. The van der Waals surface area contributed by atoms with Gasteiger partial charge in [0.1, 0.15) is 5.82 Å². The Labute approximate surface area is 180 Å². The molecule has 5 nitrogen and oxygen atoms in total. The summed E-state index contributed by atoms with van der Waals surface area (Å²) in [5, 5.41) is 5.68. The third-order valence-electron chi connectivity index (χ3n) is 5.16. The van der Waals surface area contributed by atoms with Crippen molar-refractivity contribution in [3.63, 3.8) is 0 Å². The first-order valence-corrected chi connectivity index (χ1v) is 10.1. The second-order valence-electron chi connectivity index (χ2n) is 7.31. The molecule has 3 heterocycles. The Balaban J connectivity index is 1.68. The Morgan fingerprint density at radius 3 is 2.48 bits per heavy atom. The number of nitrogens with zero attached hydrogens (tertiary/aromatic N) is 3. The van der Waals surface area contributed by atoms with Crippen molar-refractivity contribution in [3.8, 4) is 22.4 Å². The van der Waals surface area contributed by atoms with Crippen LogP contribution in [0.5, 0.6) is 0 Å². The van der Waals surface area contributed by atoms with Crippen LogP contribution in [0.3, 0.4) is 0 Å². The van der Waals surface area contributed by atoms with Crippen LogP contribution in [0.4, 0.5) is 11.5 Å². The van der Waals surface area contributed by atoms with E-state index in [0.29, 0.717) is 12.2 Å². The van der Waals surface area contributed by atoms with Gasteiger partial charge >= 0.3 is 0 Å². The van der Waals surface area contributed by atoms with Crippen LogP contribution in [0.25, 0.3) is 33.2 Å². The third-order valence-corrected chi connectivity index (χ3v) is 5.16. The largest absolute Gasteiger partial charge is 0.397 e. The van der Waals surface area contributed by atoms with Crippen LogP contribution in [0.15, 0.2) is 97.5 Å². The molecule has 5 rings (SSSR count). The molecule has 0 aliphatic carbocycles. The van der Waals surface area contributed by atoms with Crippen LogP contribution < -0.4 is 11.1 Å². The molecule has 3 N–H and O–H groups in total. The molecule has 0 unspecified atom stereocenters. The third kappa shape index (κ3) is 3.94. The molecule has 2 aromatic carbocycles. The molecule has 31 heavy (non-hydrogen) atoms. The lowest BCUT2D eigenvalue weighted by atomic mass is 9.97. The van der Waals surface area contributed by atoms with E-state index in [0.717, 1.165) is 44.7 Å². The van der Waals surface area contributed by atoms with E-state index in [2.05, 4.69) is 63.8 Å². The molecule has 5 aromatic rings. The molecule has 0 atom stereocenters. The molecule has 0 aliphatic rings. The van der Waals surface area contributed by atoms with Gasteiger partial charge in [0.25, 0.3) is 0 Å². The van der Waals surface area contributed by atoms with Crippen LogP contribution in [0.1, 0.15) is 5.69 Å². The number of benzene rings is 2. The quantitative estimate of drug-likeness (QED) is 0.402. The van der Waals surface area contributed by atoms with Gasteiger partial charge in [0.05, 0.1) is 23.6 Å². The summed E-state index contributed by atoms with van der Waals surface area (Å²) >= 11 is 0. The van der Waals surface area contributed by atoms with E-state index < -0.39 is 0 Å². The predicted molar refractivity (Wildman–Crippen MR) is 126 cm³/mol. The number of nitrogen functional groups attached to an aromatic ring is 1. The first-order valence-electron chi connectivity index (χ1n) is 10.1. The summed E-state index contributed by atoms with van der Waals surface area (Å²) in [4.78, 5) is 13.6. The predicted octanol–water partition coefficient (Wildman–Crippen LogP) is 5.55. The Morgan fingerprint density at radius 2 is 1.68 bits per heavy atom. The molecular formula is C26H21N5. The average molecular weight is 403 g/mol. The molecule has 0 bridgehead atoms. The van der Waals surface area contributed by atoms with Gasteiger partial charge in [-0.3, -0.25) is 9.97 Å². The lowest BCUT2D eigenvalue weighted by Crippen LogP contribution is -2.05. The summed E-state index contributed by atoms with van der Waals surface area (Å²) in [6.45, 7) is 0.574. The highest BCUT2D eigenvalue weighted by Gasteiger charge is 2.13. The number of pyridine rings is 3. The number of rotatable bonds is 5. The Morgan fingerprint density at radius 1 is 0.806 bits per heavy atom. The zero-order chi connectivity index (χ0) is 21.0. The van der Waals surface area contributed by atoms with Crippen LogP contribution >= 0.6 is 0 Å². The number of anilines is 2. The van der Waals surface area contributed by atoms with E-state index in [1.807, 2.05) is 30.3 Å². The normalized spacial score (nSPS) is 10.8. The number of nitrogens with two attached hydrogens (primary N) is 1. The fraction of sp³-hybridized carbons (Fsp3) is 0.0385. The minimum Gasteiger partial charge on any atom is -0.397 e. The SMILES string of the molecule is Nc1cncc(-c2cc3cccc(-c4ccccc4)c3c(NCc3ccccn3)n2)c1. The van der Waals surface area contributed by atoms with Crippen LogP contribution in [0.2, 0.25) is 0 Å². The van der Waals surface area contributed by atoms with Crippen molar-refractivity contribution in [2.24, 2.45) is 0 Å². The zero-order valence-electron chi connectivity index (χ0n) is 16.9. The van der Waals surface area contributed by atoms with Gasteiger partial charge in [0, 0.05) is 29.5 Å². The molecule has 150 valence electrons. The number of aromatic nitrogens is 3. The van der Waals surface area contributed by atoms with Crippen molar-refractivity contribution < 1.29 is 0 Å². The second-order valence-corrected chi connectivity index (χ2v) is 7.31. The Bertz CT molecular complexity index is 1330. The number of fused-ring (bicyclic) bond motifs is 1. The molecule has 0 radical (unpaired) electrons. The van der Waals surface area contributed by atoms with Gasteiger partial charge in [-0.05, 0) is 40.8 Å². The monoisotopic (exact) mass is 403 g/mol. The van der Waals surface area contributed by atoms with Crippen molar-refractivity contribution in [2.75, 3.05) is 11.1 Å². The van der Waals surface area contributed by atoms with Crippen molar-refractivity contribution in [3.05, 3.63) is 103 Å². The van der Waals surface area contributed by atoms with E-state index in [1.54, 1.807) is 18.6 Å². The highest BCUT2D eigenvalue weighted by atomic mass is 15.0. The van der Waals surface area contributed by atoms with Gasteiger partial charge in [-0.1, -0.05) is 54.6 Å². The van der Waals surface area contributed by atoms with Crippen LogP contribution in [-0.4, -0.2) is 15.0 Å². The van der Waals surface area contributed by atoms with E-state index in [-0.39, 0.29) is 0 Å². The van der Waals surface area contributed by atoms with Crippen LogP contribution in [0, 0.1) is 0 Å². The molecule has 0 fully saturated rings. The zero-order valence-corrected chi connectivity index (χ0v) is 16.9. The summed E-state index contributed by atoms with van der Waals surface area (Å²) in [7, 11) is 0. The maximum Gasteiger partial charge on any atom is 0.135 e. The Kier molecular flexibility index (Phi) is 4.99. The topological polar surface area (TPSA) is 76.7 Å². The molecule has 0 spiro atoms. The molecule has 3 aromatic heterocycles. The van der Waals surface area contributed by atoms with Gasteiger partial charge in [-0.2, -0.15) is 0 Å². The number of nitrogens with one attached hydrogen (secondary N) is 1. The van der Waals surface area contributed by atoms with Gasteiger partial charge in [0.2, 0.25) is 0 Å². The molecule has 0 saturated carbocycles. The summed E-state index contributed by atoms with van der Waals surface area (Å²) in [5.74, 6) is 0.806. The van der Waals surface area contributed by atoms with Gasteiger partial charge < -0.3 is 11.1 Å². The lowest BCUT2D eigenvalue weighted by molar-refractivity contribution is 1.03. The summed E-state index contributed by atoms with van der Waals surface area (Å²) < 4.78 is 0. The molecule has 0 aliphatic heterocycles. The van der Waals surface area contributed by atoms with Gasteiger partial charge in [-0.15, -0.1) is 0 Å². The van der Waals surface area contributed by atoms with E-state index >= 15 is 0 Å². The standard InChI is InChI=1S/C26H21N5/c27-21-13-20(15-28-16-21)24-14-19-9-6-11-23(18-7-2-1-3-8-18)25(19)26(31-24)30-17-22-10-4-5-12-29-22/h1-16H,17,27H2,(H,30,31). The lowest BCUT2D eigenvalue weighted by Gasteiger charge is -2.15. The summed E-state index contributed by atoms with van der Waals surface area (Å²) in [5.41, 5.74) is 11.5. The van der Waals surface area contributed by atoms with Gasteiger partial charge in [-0.25, -0.2) is 4.98 Å². The maximum absolute atomic E-state index is 5.97. The first-order chi connectivity index (χ1) is 15.3. The van der Waals surface area contributed by atoms with Crippen molar-refractivity contribution in [1.29, 1.82) is 0 Å². The van der Waals surface area contributed by atoms with Crippen molar-refractivity contribution in [2.45, 2.75) is 6.54 Å². The van der Waals surface area contributed by atoms with E-state index in [4.69, 9.17) is 10.7 Å². The maximum atomic E-state index is 5.97. The Hall–Kier alpha value is -4.25. The molecule has 0 amide bonds. The minimum atomic E-state index is 0.574. The minimum absolute atomic E-state index is 0.574. The highest BCUT2D eigenvalue weighted by molar-refractivity contribution is 6.05. The average Bonchev–Trinajstić information content (AvgIpc) is 2.83. The molecule has 5 heteroatoms. The van der Waals surface area contributed by atoms with Gasteiger partial charge in [0.15, 0.2) is 0 Å². The fourth-order valence-corrected chi connectivity index (χ4v) is 3.72. The number of hydrogen-bond donors (Lipinski definition) is 2. The van der Waals surface area contributed by atoms with E-state index in [1.165, 1.54) is 0 Å². The smallest absolute Gasteiger partial charge is 0.135 e. The first kappa shape index (κ1) is 18.8. The van der Waals surface area contributed by atoms with E-state index in [9.17, 15) is 0 Å².